The van der Waals surface area contributed by atoms with E-state index in [-0.39, 0.29) is 0 Å². The molecule has 0 spiro atoms. The lowest BCUT2D eigenvalue weighted by Crippen LogP contribution is -2.47. The van der Waals surface area contributed by atoms with Crippen LogP contribution in [0.4, 0.5) is 17.5 Å². The van der Waals surface area contributed by atoms with Gasteiger partial charge in [-0.25, -0.2) is 4.98 Å². The average Bonchev–Trinajstić information content (AvgIpc) is 2.68. The molecular formula is C22H33N5. The van der Waals surface area contributed by atoms with Crippen LogP contribution in [-0.4, -0.2) is 49.7 Å². The van der Waals surface area contributed by atoms with Gasteiger partial charge in [-0.15, -0.1) is 0 Å². The van der Waals surface area contributed by atoms with Gasteiger partial charge >= 0.3 is 0 Å². The van der Waals surface area contributed by atoms with Crippen LogP contribution in [0.5, 0.6) is 0 Å². The maximum Gasteiger partial charge on any atom is 0.227 e. The second kappa shape index (κ2) is 8.59. The van der Waals surface area contributed by atoms with Crippen LogP contribution in [0.3, 0.4) is 0 Å². The lowest BCUT2D eigenvalue weighted by Gasteiger charge is -2.37. The van der Waals surface area contributed by atoms with E-state index in [0.29, 0.717) is 0 Å². The van der Waals surface area contributed by atoms with E-state index < -0.39 is 0 Å². The number of hydrogen-bond acceptors (Lipinski definition) is 5. The number of hydrogen-bond donors (Lipinski definition) is 0. The number of rotatable bonds is 6. The maximum absolute atomic E-state index is 4.86. The van der Waals surface area contributed by atoms with Crippen LogP contribution < -0.4 is 14.7 Å². The zero-order chi connectivity index (χ0) is 19.4. The smallest absolute Gasteiger partial charge is 0.227 e. The van der Waals surface area contributed by atoms with Crippen molar-refractivity contribution in [3.63, 3.8) is 0 Å². The van der Waals surface area contributed by atoms with Crippen LogP contribution in [0.2, 0.25) is 0 Å². The van der Waals surface area contributed by atoms with E-state index in [9.17, 15) is 0 Å². The van der Waals surface area contributed by atoms with Gasteiger partial charge in [0.15, 0.2) is 0 Å². The minimum absolute atomic E-state index is 0.869. The predicted molar refractivity (Wildman–Crippen MR) is 115 cm³/mol. The maximum atomic E-state index is 4.86. The number of benzene rings is 1. The molecule has 0 bridgehead atoms. The zero-order valence-electron chi connectivity index (χ0n) is 17.5. The summed E-state index contributed by atoms with van der Waals surface area (Å²) in [4.78, 5) is 16.6. The van der Waals surface area contributed by atoms with E-state index in [0.717, 1.165) is 50.2 Å². The molecule has 0 aliphatic carbocycles. The Morgan fingerprint density at radius 2 is 1.70 bits per heavy atom. The fraction of sp³-hybridized carbons (Fsp3) is 0.545. The van der Waals surface area contributed by atoms with Gasteiger partial charge in [-0.05, 0) is 44.4 Å². The first-order valence-corrected chi connectivity index (χ1v) is 10.1. The molecule has 1 aromatic heterocycles. The zero-order valence-corrected chi connectivity index (χ0v) is 17.5. The van der Waals surface area contributed by atoms with Crippen molar-refractivity contribution in [3.8, 4) is 0 Å². The van der Waals surface area contributed by atoms with Gasteiger partial charge in [-0.3, -0.25) is 0 Å². The third-order valence-corrected chi connectivity index (χ3v) is 5.55. The highest BCUT2D eigenvalue weighted by Crippen LogP contribution is 2.25. The molecule has 1 aliphatic heterocycles. The highest BCUT2D eigenvalue weighted by atomic mass is 15.3. The summed E-state index contributed by atoms with van der Waals surface area (Å²) in [5.41, 5.74) is 5.14. The van der Waals surface area contributed by atoms with Crippen LogP contribution in [0, 0.1) is 20.8 Å². The Balaban J connectivity index is 1.70. The van der Waals surface area contributed by atoms with Crippen LogP contribution in [0.15, 0.2) is 24.3 Å². The first-order chi connectivity index (χ1) is 13.0. The van der Waals surface area contributed by atoms with Gasteiger partial charge in [-0.2, -0.15) is 4.98 Å². The van der Waals surface area contributed by atoms with Crippen molar-refractivity contribution < 1.29 is 0 Å². The Labute approximate surface area is 164 Å². The Kier molecular flexibility index (Phi) is 6.19. The molecular weight excluding hydrogens is 334 g/mol. The molecule has 1 saturated heterocycles. The minimum Gasteiger partial charge on any atom is -0.368 e. The first kappa shape index (κ1) is 19.5. The number of unbranched alkanes of at least 4 members (excludes halogenated alkanes) is 1. The van der Waals surface area contributed by atoms with Crippen LogP contribution in [-0.2, 0) is 0 Å². The summed E-state index contributed by atoms with van der Waals surface area (Å²) >= 11 is 0. The molecule has 0 unspecified atom stereocenters. The second-order valence-corrected chi connectivity index (χ2v) is 7.64. The predicted octanol–water partition coefficient (Wildman–Crippen LogP) is 3.96. The van der Waals surface area contributed by atoms with Gasteiger partial charge in [0.1, 0.15) is 5.82 Å². The first-order valence-electron chi connectivity index (χ1n) is 10.1. The average molecular weight is 368 g/mol. The summed E-state index contributed by atoms with van der Waals surface area (Å²) in [6.45, 7) is 13.6. The summed E-state index contributed by atoms with van der Waals surface area (Å²) in [6.07, 6.45) is 2.38. The molecule has 0 saturated carbocycles. The lowest BCUT2D eigenvalue weighted by atomic mass is 10.1. The molecule has 3 rings (SSSR count). The number of aryl methyl sites for hydroxylation is 2. The third-order valence-electron chi connectivity index (χ3n) is 5.55. The van der Waals surface area contributed by atoms with E-state index in [4.69, 9.17) is 9.97 Å². The molecule has 146 valence electrons. The highest BCUT2D eigenvalue weighted by molar-refractivity contribution is 5.57. The van der Waals surface area contributed by atoms with Crippen molar-refractivity contribution >= 4 is 17.5 Å². The summed E-state index contributed by atoms with van der Waals surface area (Å²) in [5.74, 6) is 1.90. The van der Waals surface area contributed by atoms with Gasteiger partial charge < -0.3 is 14.7 Å². The van der Waals surface area contributed by atoms with E-state index in [1.165, 1.54) is 29.7 Å². The topological polar surface area (TPSA) is 35.5 Å². The molecule has 0 amide bonds. The summed E-state index contributed by atoms with van der Waals surface area (Å²) in [7, 11) is 2.12. The van der Waals surface area contributed by atoms with Gasteiger partial charge in [0.25, 0.3) is 0 Å². The Morgan fingerprint density at radius 3 is 2.41 bits per heavy atom. The van der Waals surface area contributed by atoms with Crippen molar-refractivity contribution in [2.45, 2.75) is 40.5 Å². The van der Waals surface area contributed by atoms with Crippen molar-refractivity contribution in [1.29, 1.82) is 0 Å². The lowest BCUT2D eigenvalue weighted by molar-refractivity contribution is 0.637. The van der Waals surface area contributed by atoms with E-state index in [1.54, 1.807) is 0 Å². The summed E-state index contributed by atoms with van der Waals surface area (Å²) < 4.78 is 0. The van der Waals surface area contributed by atoms with Gasteiger partial charge in [-0.1, -0.05) is 25.5 Å². The standard InChI is InChI=1S/C22H33N5/c1-6-7-11-25(5)21-16-18(3)23-22(24-21)27-14-12-26(13-15-27)20-10-8-9-17(2)19(20)4/h8-10,16H,6-7,11-15H2,1-5H3. The van der Waals surface area contributed by atoms with Crippen LogP contribution in [0.25, 0.3) is 0 Å². The molecule has 2 aromatic rings. The fourth-order valence-electron chi connectivity index (χ4n) is 3.61. The molecule has 0 radical (unpaired) electrons. The van der Waals surface area contributed by atoms with Crippen LogP contribution >= 0.6 is 0 Å². The quantitative estimate of drug-likeness (QED) is 0.772. The van der Waals surface area contributed by atoms with E-state index in [2.05, 4.69) is 73.7 Å². The Morgan fingerprint density at radius 1 is 1.00 bits per heavy atom. The molecule has 27 heavy (non-hydrogen) atoms. The van der Waals surface area contributed by atoms with Crippen molar-refractivity contribution in [2.24, 2.45) is 0 Å². The van der Waals surface area contributed by atoms with E-state index >= 15 is 0 Å². The molecule has 1 aliphatic rings. The normalized spacial score (nSPS) is 14.6. The van der Waals surface area contributed by atoms with Gasteiger partial charge in [0, 0.05) is 57.2 Å². The van der Waals surface area contributed by atoms with Crippen LogP contribution in [0.1, 0.15) is 36.6 Å². The Bertz CT molecular complexity index is 765. The number of anilines is 3. The largest absolute Gasteiger partial charge is 0.368 e. The molecule has 0 N–H and O–H groups in total. The van der Waals surface area contributed by atoms with Crippen molar-refractivity contribution in [2.75, 3.05) is 54.5 Å². The molecule has 1 fully saturated rings. The molecule has 1 aromatic carbocycles. The fourth-order valence-corrected chi connectivity index (χ4v) is 3.61. The molecule has 0 atom stereocenters. The Hall–Kier alpha value is -2.30. The van der Waals surface area contributed by atoms with Gasteiger partial charge in [0.2, 0.25) is 5.95 Å². The monoisotopic (exact) mass is 367 g/mol. The summed E-state index contributed by atoms with van der Waals surface area (Å²) in [5, 5.41) is 0. The highest BCUT2D eigenvalue weighted by Gasteiger charge is 2.21. The number of nitrogens with zero attached hydrogens (tertiary/aromatic N) is 5. The molecule has 5 heteroatoms. The molecule has 5 nitrogen and oxygen atoms in total. The number of piperazine rings is 1. The SMILES string of the molecule is CCCCN(C)c1cc(C)nc(N2CCN(c3cccc(C)c3C)CC2)n1. The van der Waals surface area contributed by atoms with Gasteiger partial charge in [0.05, 0.1) is 0 Å². The van der Waals surface area contributed by atoms with E-state index in [1.807, 2.05) is 0 Å². The third kappa shape index (κ3) is 4.52. The molecule has 2 heterocycles. The second-order valence-electron chi connectivity index (χ2n) is 7.64. The minimum atomic E-state index is 0.869. The van der Waals surface area contributed by atoms with Crippen molar-refractivity contribution in [1.82, 2.24) is 9.97 Å². The summed E-state index contributed by atoms with van der Waals surface area (Å²) in [6, 6.07) is 8.67. The van der Waals surface area contributed by atoms with Crippen molar-refractivity contribution in [3.05, 3.63) is 41.1 Å². The number of aromatic nitrogens is 2.